The number of nitrogens with zero attached hydrogens (tertiary/aromatic N) is 3. The SMILES string of the molecule is CN(C)c1ccc(-c2nc(I)ns2)cc1. The van der Waals surface area contributed by atoms with Crippen LogP contribution in [0.3, 0.4) is 0 Å². The summed E-state index contributed by atoms with van der Waals surface area (Å²) in [4.78, 5) is 6.41. The quantitative estimate of drug-likeness (QED) is 0.793. The summed E-state index contributed by atoms with van der Waals surface area (Å²) < 4.78 is 4.97. The lowest BCUT2D eigenvalue weighted by Gasteiger charge is -2.11. The Morgan fingerprint density at radius 1 is 1.20 bits per heavy atom. The molecule has 0 atom stereocenters. The number of hydrogen-bond acceptors (Lipinski definition) is 4. The molecule has 0 aliphatic heterocycles. The van der Waals surface area contributed by atoms with E-state index in [0.29, 0.717) is 0 Å². The van der Waals surface area contributed by atoms with E-state index in [1.807, 2.05) is 14.1 Å². The van der Waals surface area contributed by atoms with Gasteiger partial charge in [-0.25, -0.2) is 4.98 Å². The van der Waals surface area contributed by atoms with Gasteiger partial charge in [0.2, 0.25) is 3.83 Å². The first-order valence-electron chi connectivity index (χ1n) is 4.44. The fraction of sp³-hybridized carbons (Fsp3) is 0.200. The highest BCUT2D eigenvalue weighted by Crippen LogP contribution is 2.24. The second-order valence-corrected chi connectivity index (χ2v) is 5.03. The van der Waals surface area contributed by atoms with Crippen LogP contribution in [-0.2, 0) is 0 Å². The summed E-state index contributed by atoms with van der Waals surface area (Å²) in [5.74, 6) is 0. The zero-order chi connectivity index (χ0) is 10.8. The minimum Gasteiger partial charge on any atom is -0.378 e. The van der Waals surface area contributed by atoms with Crippen LogP contribution in [0.2, 0.25) is 0 Å². The molecule has 0 bridgehead atoms. The maximum atomic E-state index is 4.34. The molecule has 2 aromatic rings. The van der Waals surface area contributed by atoms with Gasteiger partial charge in [0.05, 0.1) is 0 Å². The zero-order valence-corrected chi connectivity index (χ0v) is 11.4. The summed E-state index contributed by atoms with van der Waals surface area (Å²) in [5.41, 5.74) is 2.32. The predicted octanol–water partition coefficient (Wildman–Crippen LogP) is 2.88. The molecule has 0 aliphatic rings. The maximum Gasteiger partial charge on any atom is 0.203 e. The molecule has 5 heteroatoms. The van der Waals surface area contributed by atoms with Gasteiger partial charge in [0, 0.05) is 47.9 Å². The monoisotopic (exact) mass is 331 g/mol. The lowest BCUT2D eigenvalue weighted by atomic mass is 10.2. The molecule has 15 heavy (non-hydrogen) atoms. The van der Waals surface area contributed by atoms with E-state index in [1.54, 1.807) is 0 Å². The van der Waals surface area contributed by atoms with Gasteiger partial charge in [0.1, 0.15) is 5.01 Å². The number of rotatable bonds is 2. The third-order valence-electron chi connectivity index (χ3n) is 2.03. The van der Waals surface area contributed by atoms with Crippen molar-refractivity contribution in [1.29, 1.82) is 0 Å². The number of hydrogen-bond donors (Lipinski definition) is 0. The van der Waals surface area contributed by atoms with Gasteiger partial charge in [0.25, 0.3) is 0 Å². The third kappa shape index (κ3) is 2.46. The predicted molar refractivity (Wildman–Crippen MR) is 72.4 cm³/mol. The minimum absolute atomic E-state index is 0.810. The normalized spacial score (nSPS) is 10.3. The molecule has 0 spiro atoms. The molecular weight excluding hydrogens is 321 g/mol. The van der Waals surface area contributed by atoms with E-state index in [0.717, 1.165) is 14.4 Å². The van der Waals surface area contributed by atoms with Crippen LogP contribution in [0.4, 0.5) is 5.69 Å². The molecule has 0 aliphatic carbocycles. The molecule has 2 rings (SSSR count). The number of anilines is 1. The van der Waals surface area contributed by atoms with Gasteiger partial charge in [0.15, 0.2) is 0 Å². The molecule has 0 unspecified atom stereocenters. The van der Waals surface area contributed by atoms with Gasteiger partial charge in [-0.2, -0.15) is 4.37 Å². The van der Waals surface area contributed by atoms with E-state index in [9.17, 15) is 0 Å². The van der Waals surface area contributed by atoms with Crippen molar-refractivity contribution in [1.82, 2.24) is 9.36 Å². The van der Waals surface area contributed by atoms with E-state index in [-0.39, 0.29) is 0 Å². The molecule has 0 radical (unpaired) electrons. The van der Waals surface area contributed by atoms with Crippen molar-refractivity contribution in [2.24, 2.45) is 0 Å². The lowest BCUT2D eigenvalue weighted by Crippen LogP contribution is -2.07. The van der Waals surface area contributed by atoms with Crippen molar-refractivity contribution in [2.75, 3.05) is 19.0 Å². The molecule has 0 saturated heterocycles. The maximum absolute atomic E-state index is 4.34. The summed E-state index contributed by atoms with van der Waals surface area (Å²) in [5, 5.41) is 0.977. The van der Waals surface area contributed by atoms with Crippen LogP contribution in [0, 0.1) is 3.83 Å². The van der Waals surface area contributed by atoms with Crippen LogP contribution in [0.5, 0.6) is 0 Å². The Balaban J connectivity index is 2.31. The topological polar surface area (TPSA) is 29.0 Å². The summed E-state index contributed by atoms with van der Waals surface area (Å²) in [6, 6.07) is 8.32. The Bertz CT molecular complexity index is 450. The Morgan fingerprint density at radius 3 is 2.33 bits per heavy atom. The molecule has 0 amide bonds. The number of halogens is 1. The summed E-state index contributed by atoms with van der Waals surface area (Å²) in [6.45, 7) is 0. The van der Waals surface area contributed by atoms with E-state index >= 15 is 0 Å². The van der Waals surface area contributed by atoms with Crippen molar-refractivity contribution in [3.8, 4) is 10.6 Å². The zero-order valence-electron chi connectivity index (χ0n) is 8.44. The van der Waals surface area contributed by atoms with Crippen molar-refractivity contribution in [2.45, 2.75) is 0 Å². The standard InChI is InChI=1S/C10H10IN3S/c1-14(2)8-5-3-7(4-6-8)9-12-10(11)13-15-9/h3-6H,1-2H3. The van der Waals surface area contributed by atoms with Gasteiger partial charge in [-0.3, -0.25) is 0 Å². The average Bonchev–Trinajstić information content (AvgIpc) is 2.65. The van der Waals surface area contributed by atoms with Crippen LogP contribution in [0.1, 0.15) is 0 Å². The first-order chi connectivity index (χ1) is 7.16. The molecular formula is C10H10IN3S. The fourth-order valence-corrected chi connectivity index (χ4v) is 2.50. The summed E-state index contributed by atoms with van der Waals surface area (Å²) >= 11 is 3.56. The van der Waals surface area contributed by atoms with Crippen LogP contribution < -0.4 is 4.90 Å². The van der Waals surface area contributed by atoms with Gasteiger partial charge >= 0.3 is 0 Å². The second-order valence-electron chi connectivity index (χ2n) is 3.31. The third-order valence-corrected chi connectivity index (χ3v) is 3.61. The van der Waals surface area contributed by atoms with Crippen molar-refractivity contribution < 1.29 is 0 Å². The smallest absolute Gasteiger partial charge is 0.203 e. The van der Waals surface area contributed by atoms with Crippen molar-refractivity contribution >= 4 is 39.8 Å². The summed E-state index contributed by atoms with van der Waals surface area (Å²) in [6.07, 6.45) is 0. The van der Waals surface area contributed by atoms with Crippen molar-refractivity contribution in [3.05, 3.63) is 28.1 Å². The van der Waals surface area contributed by atoms with E-state index in [4.69, 9.17) is 0 Å². The average molecular weight is 331 g/mol. The van der Waals surface area contributed by atoms with Gasteiger partial charge < -0.3 is 4.90 Å². The Labute approximate surface area is 106 Å². The number of benzene rings is 1. The highest BCUT2D eigenvalue weighted by molar-refractivity contribution is 14.1. The van der Waals surface area contributed by atoms with E-state index in [1.165, 1.54) is 17.2 Å². The second kappa shape index (κ2) is 4.44. The van der Waals surface area contributed by atoms with Crippen molar-refractivity contribution in [3.63, 3.8) is 0 Å². The molecule has 0 fully saturated rings. The molecule has 3 nitrogen and oxygen atoms in total. The molecule has 0 N–H and O–H groups in total. The Morgan fingerprint density at radius 2 is 1.87 bits per heavy atom. The Kier molecular flexibility index (Phi) is 3.20. The largest absolute Gasteiger partial charge is 0.378 e. The van der Waals surface area contributed by atoms with Gasteiger partial charge in [-0.1, -0.05) is 0 Å². The van der Waals surface area contributed by atoms with E-state index in [2.05, 4.69) is 61.1 Å². The highest BCUT2D eigenvalue weighted by atomic mass is 127. The summed E-state index contributed by atoms with van der Waals surface area (Å²) in [7, 11) is 4.06. The van der Waals surface area contributed by atoms with Gasteiger partial charge in [-0.05, 0) is 35.8 Å². The molecule has 1 aromatic carbocycles. The first kappa shape index (κ1) is 10.8. The van der Waals surface area contributed by atoms with Gasteiger partial charge in [-0.15, -0.1) is 0 Å². The number of aromatic nitrogens is 2. The van der Waals surface area contributed by atoms with Crippen LogP contribution >= 0.6 is 34.1 Å². The lowest BCUT2D eigenvalue weighted by molar-refractivity contribution is 1.13. The van der Waals surface area contributed by atoms with Crippen LogP contribution in [0.15, 0.2) is 24.3 Å². The fourth-order valence-electron chi connectivity index (χ4n) is 1.22. The molecule has 1 heterocycles. The molecule has 1 aromatic heterocycles. The first-order valence-corrected chi connectivity index (χ1v) is 6.29. The molecule has 78 valence electrons. The molecule has 0 saturated carbocycles. The highest BCUT2D eigenvalue weighted by Gasteiger charge is 2.04. The van der Waals surface area contributed by atoms with Crippen LogP contribution in [-0.4, -0.2) is 23.5 Å². The minimum atomic E-state index is 0.810. The van der Waals surface area contributed by atoms with E-state index < -0.39 is 0 Å². The Hall–Kier alpha value is -0.690. The van der Waals surface area contributed by atoms with Crippen LogP contribution in [0.25, 0.3) is 10.6 Å².